The maximum Gasteiger partial charge on any atom is 0.246 e. The van der Waals surface area contributed by atoms with E-state index >= 15 is 0 Å². The standard InChI is InChI=1S/C22H28N2O6S/c1-16-4-5-18(12-20(16)29-3)15-23-22(25)14-17-6-7-19(28-2)21(13-17)31(26,27)24-8-10-30-11-9-24/h4-7,12-13H,8-11,14-15H2,1-3H3,(H,23,25). The Labute approximate surface area is 183 Å². The van der Waals surface area contributed by atoms with Crippen molar-refractivity contribution in [2.45, 2.75) is 24.8 Å². The highest BCUT2D eigenvalue weighted by atomic mass is 32.2. The maximum atomic E-state index is 13.1. The molecule has 0 saturated carbocycles. The van der Waals surface area contributed by atoms with Crippen LogP contribution in [0.4, 0.5) is 0 Å². The van der Waals surface area contributed by atoms with E-state index in [1.807, 2.05) is 25.1 Å². The van der Waals surface area contributed by atoms with Crippen LogP contribution in [0.3, 0.4) is 0 Å². The summed E-state index contributed by atoms with van der Waals surface area (Å²) in [6.07, 6.45) is 0.0542. The van der Waals surface area contributed by atoms with Crippen molar-refractivity contribution in [3.05, 3.63) is 53.1 Å². The molecule has 0 radical (unpaired) electrons. The summed E-state index contributed by atoms with van der Waals surface area (Å²) in [6, 6.07) is 10.5. The molecule has 0 atom stereocenters. The molecule has 0 aliphatic carbocycles. The van der Waals surface area contributed by atoms with Crippen LogP contribution in [0.15, 0.2) is 41.3 Å². The quantitative estimate of drug-likeness (QED) is 0.663. The van der Waals surface area contributed by atoms with Crippen LogP contribution < -0.4 is 14.8 Å². The molecular weight excluding hydrogens is 420 g/mol. The van der Waals surface area contributed by atoms with Crippen LogP contribution in [0.5, 0.6) is 11.5 Å². The second-order valence-corrected chi connectivity index (χ2v) is 9.17. The van der Waals surface area contributed by atoms with Crippen LogP contribution in [0.25, 0.3) is 0 Å². The lowest BCUT2D eigenvalue weighted by Gasteiger charge is -2.26. The third kappa shape index (κ3) is 5.55. The SMILES string of the molecule is COc1cc(CNC(=O)Cc2ccc(OC)c(S(=O)(=O)N3CCOCC3)c2)ccc1C. The minimum absolute atomic E-state index is 0.0542. The Balaban J connectivity index is 1.71. The summed E-state index contributed by atoms with van der Waals surface area (Å²) in [4.78, 5) is 12.5. The first-order chi connectivity index (χ1) is 14.8. The third-order valence-electron chi connectivity index (χ3n) is 5.14. The third-order valence-corrected chi connectivity index (χ3v) is 7.06. The van der Waals surface area contributed by atoms with Gasteiger partial charge in [-0.05, 0) is 41.8 Å². The van der Waals surface area contributed by atoms with E-state index in [4.69, 9.17) is 14.2 Å². The molecule has 0 spiro atoms. The topological polar surface area (TPSA) is 94.2 Å². The van der Waals surface area contributed by atoms with Crippen molar-refractivity contribution in [1.82, 2.24) is 9.62 Å². The van der Waals surface area contributed by atoms with E-state index in [0.717, 1.165) is 16.9 Å². The Morgan fingerprint density at radius 3 is 2.39 bits per heavy atom. The molecule has 1 heterocycles. The molecule has 1 saturated heterocycles. The predicted octanol–water partition coefficient (Wildman–Crippen LogP) is 1.89. The lowest BCUT2D eigenvalue weighted by Crippen LogP contribution is -2.40. The second-order valence-electron chi connectivity index (χ2n) is 7.26. The Kier molecular flexibility index (Phi) is 7.53. The van der Waals surface area contributed by atoms with Gasteiger partial charge in [-0.15, -0.1) is 0 Å². The molecule has 9 heteroatoms. The molecule has 0 bridgehead atoms. The average molecular weight is 449 g/mol. The normalized spacial score (nSPS) is 14.8. The van der Waals surface area contributed by atoms with Crippen molar-refractivity contribution in [3.63, 3.8) is 0 Å². The number of hydrogen-bond donors (Lipinski definition) is 1. The molecule has 31 heavy (non-hydrogen) atoms. The molecular formula is C22H28N2O6S. The van der Waals surface area contributed by atoms with Crippen molar-refractivity contribution < 1.29 is 27.4 Å². The van der Waals surface area contributed by atoms with Crippen molar-refractivity contribution in [3.8, 4) is 11.5 Å². The van der Waals surface area contributed by atoms with Crippen molar-refractivity contribution in [2.75, 3.05) is 40.5 Å². The summed E-state index contributed by atoms with van der Waals surface area (Å²) >= 11 is 0. The van der Waals surface area contributed by atoms with E-state index in [1.54, 1.807) is 19.2 Å². The van der Waals surface area contributed by atoms with Gasteiger partial charge in [-0.1, -0.05) is 18.2 Å². The van der Waals surface area contributed by atoms with Crippen molar-refractivity contribution >= 4 is 15.9 Å². The number of nitrogens with one attached hydrogen (secondary N) is 1. The minimum Gasteiger partial charge on any atom is -0.496 e. The lowest BCUT2D eigenvalue weighted by molar-refractivity contribution is -0.120. The van der Waals surface area contributed by atoms with Gasteiger partial charge in [0.1, 0.15) is 16.4 Å². The summed E-state index contributed by atoms with van der Waals surface area (Å²) in [5.41, 5.74) is 2.53. The fraction of sp³-hybridized carbons (Fsp3) is 0.409. The van der Waals surface area contributed by atoms with Gasteiger partial charge in [0.15, 0.2) is 0 Å². The molecule has 2 aromatic carbocycles. The number of methoxy groups -OCH3 is 2. The number of carbonyl (C=O) groups is 1. The van der Waals surface area contributed by atoms with Crippen LogP contribution in [0, 0.1) is 6.92 Å². The van der Waals surface area contributed by atoms with E-state index in [0.29, 0.717) is 25.3 Å². The van der Waals surface area contributed by atoms with E-state index < -0.39 is 10.0 Å². The molecule has 2 aromatic rings. The summed E-state index contributed by atoms with van der Waals surface area (Å²) in [7, 11) is -0.713. The average Bonchev–Trinajstić information content (AvgIpc) is 2.79. The number of ether oxygens (including phenoxy) is 3. The Hall–Kier alpha value is -2.62. The smallest absolute Gasteiger partial charge is 0.246 e. The van der Waals surface area contributed by atoms with Gasteiger partial charge in [-0.2, -0.15) is 4.31 Å². The molecule has 3 rings (SSSR count). The fourth-order valence-corrected chi connectivity index (χ4v) is 5.00. The number of morpholine rings is 1. The van der Waals surface area contributed by atoms with E-state index in [2.05, 4.69) is 5.32 Å². The van der Waals surface area contributed by atoms with Gasteiger partial charge in [-0.3, -0.25) is 4.79 Å². The largest absolute Gasteiger partial charge is 0.496 e. The summed E-state index contributed by atoms with van der Waals surface area (Å²) < 4.78 is 43.4. The Morgan fingerprint density at radius 1 is 1.03 bits per heavy atom. The van der Waals surface area contributed by atoms with Crippen LogP contribution >= 0.6 is 0 Å². The van der Waals surface area contributed by atoms with E-state index in [-0.39, 0.29) is 36.1 Å². The van der Waals surface area contributed by atoms with Crippen molar-refractivity contribution in [2.24, 2.45) is 0 Å². The van der Waals surface area contributed by atoms with Crippen molar-refractivity contribution in [1.29, 1.82) is 0 Å². The van der Waals surface area contributed by atoms with Gasteiger partial charge in [0.05, 0.1) is 33.9 Å². The number of benzene rings is 2. The second kappa shape index (κ2) is 10.1. The molecule has 0 unspecified atom stereocenters. The first-order valence-corrected chi connectivity index (χ1v) is 11.4. The molecule has 1 amide bonds. The first kappa shape index (κ1) is 23.1. The number of aryl methyl sites for hydroxylation is 1. The number of nitrogens with zero attached hydrogens (tertiary/aromatic N) is 1. The van der Waals surface area contributed by atoms with Gasteiger partial charge in [0, 0.05) is 19.6 Å². The minimum atomic E-state index is -3.75. The Morgan fingerprint density at radius 2 is 1.71 bits per heavy atom. The van der Waals surface area contributed by atoms with Gasteiger partial charge in [-0.25, -0.2) is 8.42 Å². The monoisotopic (exact) mass is 448 g/mol. The molecule has 1 N–H and O–H groups in total. The van der Waals surface area contributed by atoms with Crippen LogP contribution in [0.1, 0.15) is 16.7 Å². The number of amides is 1. The van der Waals surface area contributed by atoms with Crippen LogP contribution in [0.2, 0.25) is 0 Å². The predicted molar refractivity (Wildman–Crippen MR) is 116 cm³/mol. The zero-order valence-corrected chi connectivity index (χ0v) is 18.8. The zero-order valence-electron chi connectivity index (χ0n) is 18.0. The van der Waals surface area contributed by atoms with Gasteiger partial charge >= 0.3 is 0 Å². The lowest BCUT2D eigenvalue weighted by atomic mass is 10.1. The number of sulfonamides is 1. The molecule has 168 valence electrons. The van der Waals surface area contributed by atoms with E-state index in [9.17, 15) is 13.2 Å². The number of carbonyl (C=O) groups excluding carboxylic acids is 1. The highest BCUT2D eigenvalue weighted by Crippen LogP contribution is 2.28. The first-order valence-electron chi connectivity index (χ1n) is 10.00. The molecule has 8 nitrogen and oxygen atoms in total. The van der Waals surface area contributed by atoms with Gasteiger partial charge in [0.25, 0.3) is 0 Å². The maximum absolute atomic E-state index is 13.1. The van der Waals surface area contributed by atoms with Crippen LogP contribution in [-0.4, -0.2) is 59.2 Å². The number of hydrogen-bond acceptors (Lipinski definition) is 6. The fourth-order valence-electron chi connectivity index (χ4n) is 3.38. The number of rotatable bonds is 8. The molecule has 0 aromatic heterocycles. The summed E-state index contributed by atoms with van der Waals surface area (Å²) in [6.45, 7) is 3.59. The molecule has 1 aliphatic rings. The highest BCUT2D eigenvalue weighted by Gasteiger charge is 2.29. The highest BCUT2D eigenvalue weighted by molar-refractivity contribution is 7.89. The van der Waals surface area contributed by atoms with Gasteiger partial charge in [0.2, 0.25) is 15.9 Å². The van der Waals surface area contributed by atoms with Gasteiger partial charge < -0.3 is 19.5 Å². The molecule has 1 fully saturated rings. The zero-order chi connectivity index (χ0) is 22.4. The Bertz CT molecular complexity index is 1030. The summed E-state index contributed by atoms with van der Waals surface area (Å²) in [5, 5.41) is 2.87. The molecule has 1 aliphatic heterocycles. The van der Waals surface area contributed by atoms with E-state index in [1.165, 1.54) is 17.5 Å². The summed E-state index contributed by atoms with van der Waals surface area (Å²) in [5.74, 6) is 0.807. The van der Waals surface area contributed by atoms with Crippen LogP contribution in [-0.2, 0) is 32.5 Å².